The summed E-state index contributed by atoms with van der Waals surface area (Å²) in [5.74, 6) is 0. The van der Waals surface area contributed by atoms with Gasteiger partial charge in [-0.05, 0) is 74.5 Å². The van der Waals surface area contributed by atoms with E-state index in [1.54, 1.807) is 0 Å². The van der Waals surface area contributed by atoms with Crippen molar-refractivity contribution >= 4 is 10.9 Å². The zero-order valence-corrected chi connectivity index (χ0v) is 14.2. The molecule has 3 aromatic rings. The number of fused-ring (bicyclic) bond motifs is 3. The molecule has 0 bridgehead atoms. The maximum absolute atomic E-state index is 3.70. The number of benzene rings is 2. The van der Waals surface area contributed by atoms with Crippen LogP contribution in [0.2, 0.25) is 0 Å². The second kappa shape index (κ2) is 5.54. The predicted molar refractivity (Wildman–Crippen MR) is 97.1 cm³/mol. The second-order valence-electron chi connectivity index (χ2n) is 6.95. The number of hydrogen-bond donors (Lipinski definition) is 2. The van der Waals surface area contributed by atoms with Crippen molar-refractivity contribution in [2.75, 3.05) is 6.54 Å². The molecule has 0 fully saturated rings. The van der Waals surface area contributed by atoms with Gasteiger partial charge in [-0.15, -0.1) is 0 Å². The van der Waals surface area contributed by atoms with E-state index in [0.29, 0.717) is 6.04 Å². The summed E-state index contributed by atoms with van der Waals surface area (Å²) in [6, 6.07) is 14.0. The van der Waals surface area contributed by atoms with Crippen LogP contribution in [0.3, 0.4) is 0 Å². The summed E-state index contributed by atoms with van der Waals surface area (Å²) in [4.78, 5) is 3.68. The molecule has 1 aromatic heterocycles. The first-order chi connectivity index (χ1) is 11.1. The summed E-state index contributed by atoms with van der Waals surface area (Å²) < 4.78 is 0. The fourth-order valence-corrected chi connectivity index (χ4v) is 3.76. The molecule has 0 amide bonds. The Balaban J connectivity index is 1.72. The number of aromatic nitrogens is 1. The van der Waals surface area contributed by atoms with Crippen molar-refractivity contribution in [2.45, 2.75) is 39.7 Å². The van der Waals surface area contributed by atoms with Crippen LogP contribution in [0.1, 0.15) is 39.6 Å². The Hall–Kier alpha value is -2.06. The van der Waals surface area contributed by atoms with E-state index in [9.17, 15) is 0 Å². The molecule has 4 rings (SSSR count). The van der Waals surface area contributed by atoms with Crippen LogP contribution in [-0.4, -0.2) is 11.5 Å². The van der Waals surface area contributed by atoms with Crippen LogP contribution in [-0.2, 0) is 12.8 Å². The molecule has 1 aliphatic heterocycles. The SMILES string of the molecule is Cc1ccc2[nH]c3c(c2c1)CCN[C@H]3Cc1ccc(C)c(C)c1. The molecule has 118 valence electrons. The normalized spacial score (nSPS) is 17.4. The van der Waals surface area contributed by atoms with Crippen molar-refractivity contribution < 1.29 is 0 Å². The molecule has 0 unspecified atom stereocenters. The van der Waals surface area contributed by atoms with Crippen molar-refractivity contribution in [2.24, 2.45) is 0 Å². The van der Waals surface area contributed by atoms with Gasteiger partial charge < -0.3 is 10.3 Å². The van der Waals surface area contributed by atoms with Gasteiger partial charge in [0.15, 0.2) is 0 Å². The van der Waals surface area contributed by atoms with Crippen LogP contribution in [0.4, 0.5) is 0 Å². The molecular formula is C21H24N2. The van der Waals surface area contributed by atoms with Crippen LogP contribution in [0.5, 0.6) is 0 Å². The van der Waals surface area contributed by atoms with Gasteiger partial charge in [-0.1, -0.05) is 29.8 Å². The third-order valence-electron chi connectivity index (χ3n) is 5.22. The first kappa shape index (κ1) is 14.5. The quantitative estimate of drug-likeness (QED) is 0.715. The molecule has 0 saturated carbocycles. The van der Waals surface area contributed by atoms with E-state index < -0.39 is 0 Å². The van der Waals surface area contributed by atoms with Gasteiger partial charge in [0, 0.05) is 16.6 Å². The lowest BCUT2D eigenvalue weighted by Crippen LogP contribution is -2.31. The molecule has 2 aromatic carbocycles. The first-order valence-electron chi connectivity index (χ1n) is 8.52. The van der Waals surface area contributed by atoms with E-state index in [1.165, 1.54) is 44.4 Å². The van der Waals surface area contributed by atoms with Crippen molar-refractivity contribution in [1.82, 2.24) is 10.3 Å². The summed E-state index contributed by atoms with van der Waals surface area (Å²) >= 11 is 0. The highest BCUT2D eigenvalue weighted by Gasteiger charge is 2.24. The van der Waals surface area contributed by atoms with E-state index in [2.05, 4.69) is 67.5 Å². The van der Waals surface area contributed by atoms with E-state index in [1.807, 2.05) is 0 Å². The Morgan fingerprint density at radius 2 is 1.87 bits per heavy atom. The van der Waals surface area contributed by atoms with Gasteiger partial charge in [0.05, 0.1) is 6.04 Å². The van der Waals surface area contributed by atoms with Gasteiger partial charge in [-0.25, -0.2) is 0 Å². The minimum absolute atomic E-state index is 0.383. The molecule has 1 atom stereocenters. The zero-order valence-electron chi connectivity index (χ0n) is 14.2. The molecular weight excluding hydrogens is 280 g/mol. The standard InChI is InChI=1S/C21H24N2/c1-13-4-7-19-18(10-13)17-8-9-22-20(21(17)23-19)12-16-6-5-14(2)15(3)11-16/h4-7,10-11,20,22-23H,8-9,12H2,1-3H3/t20-/m0/s1. The fourth-order valence-electron chi connectivity index (χ4n) is 3.76. The Morgan fingerprint density at radius 3 is 2.70 bits per heavy atom. The predicted octanol–water partition coefficient (Wildman–Crippen LogP) is 4.52. The molecule has 2 nitrogen and oxygen atoms in total. The lowest BCUT2D eigenvalue weighted by Gasteiger charge is -2.24. The number of rotatable bonds is 2. The molecule has 0 radical (unpaired) electrons. The Bertz CT molecular complexity index is 873. The lowest BCUT2D eigenvalue weighted by molar-refractivity contribution is 0.495. The second-order valence-corrected chi connectivity index (χ2v) is 6.95. The van der Waals surface area contributed by atoms with Gasteiger partial charge in [0.1, 0.15) is 0 Å². The molecule has 0 spiro atoms. The lowest BCUT2D eigenvalue weighted by atomic mass is 9.93. The molecule has 0 saturated heterocycles. The minimum atomic E-state index is 0.383. The van der Waals surface area contributed by atoms with E-state index in [-0.39, 0.29) is 0 Å². The number of nitrogens with one attached hydrogen (secondary N) is 2. The Labute approximate surface area is 137 Å². The van der Waals surface area contributed by atoms with Crippen LogP contribution >= 0.6 is 0 Å². The monoisotopic (exact) mass is 304 g/mol. The van der Waals surface area contributed by atoms with Crippen LogP contribution in [0, 0.1) is 20.8 Å². The third kappa shape index (κ3) is 2.57. The topological polar surface area (TPSA) is 27.8 Å². The van der Waals surface area contributed by atoms with Crippen LogP contribution in [0.15, 0.2) is 36.4 Å². The summed E-state index contributed by atoms with van der Waals surface area (Å²) in [6.07, 6.45) is 2.15. The molecule has 2 N–H and O–H groups in total. The molecule has 2 heterocycles. The van der Waals surface area contributed by atoms with E-state index in [0.717, 1.165) is 19.4 Å². The smallest absolute Gasteiger partial charge is 0.0517 e. The Morgan fingerprint density at radius 1 is 1.00 bits per heavy atom. The van der Waals surface area contributed by atoms with E-state index >= 15 is 0 Å². The molecule has 0 aliphatic carbocycles. The largest absolute Gasteiger partial charge is 0.357 e. The average molecular weight is 304 g/mol. The first-order valence-corrected chi connectivity index (χ1v) is 8.52. The molecule has 1 aliphatic rings. The zero-order chi connectivity index (χ0) is 16.0. The number of aromatic amines is 1. The summed E-state index contributed by atoms with van der Waals surface area (Å²) in [5, 5.41) is 5.11. The van der Waals surface area contributed by atoms with Crippen molar-refractivity contribution in [1.29, 1.82) is 0 Å². The highest BCUT2D eigenvalue weighted by molar-refractivity contribution is 5.85. The molecule has 23 heavy (non-hydrogen) atoms. The highest BCUT2D eigenvalue weighted by Crippen LogP contribution is 2.32. The van der Waals surface area contributed by atoms with E-state index in [4.69, 9.17) is 0 Å². The van der Waals surface area contributed by atoms with Crippen molar-refractivity contribution in [3.8, 4) is 0 Å². The summed E-state index contributed by atoms with van der Waals surface area (Å²) in [7, 11) is 0. The van der Waals surface area contributed by atoms with Crippen molar-refractivity contribution in [3.05, 3.63) is 69.9 Å². The number of hydrogen-bond acceptors (Lipinski definition) is 1. The number of H-pyrrole nitrogens is 1. The minimum Gasteiger partial charge on any atom is -0.357 e. The van der Waals surface area contributed by atoms with Gasteiger partial charge in [0.2, 0.25) is 0 Å². The maximum Gasteiger partial charge on any atom is 0.0517 e. The maximum atomic E-state index is 3.70. The van der Waals surface area contributed by atoms with Crippen LogP contribution < -0.4 is 5.32 Å². The van der Waals surface area contributed by atoms with Crippen LogP contribution in [0.25, 0.3) is 10.9 Å². The summed E-state index contributed by atoms with van der Waals surface area (Å²) in [6.45, 7) is 7.61. The average Bonchev–Trinajstić information content (AvgIpc) is 2.90. The Kier molecular flexibility index (Phi) is 3.50. The third-order valence-corrected chi connectivity index (χ3v) is 5.22. The van der Waals surface area contributed by atoms with Gasteiger partial charge >= 0.3 is 0 Å². The van der Waals surface area contributed by atoms with Crippen molar-refractivity contribution in [3.63, 3.8) is 0 Å². The summed E-state index contributed by atoms with van der Waals surface area (Å²) in [5.41, 5.74) is 9.66. The number of aryl methyl sites for hydroxylation is 3. The van der Waals surface area contributed by atoms with Gasteiger partial charge in [-0.2, -0.15) is 0 Å². The fraction of sp³-hybridized carbons (Fsp3) is 0.333. The van der Waals surface area contributed by atoms with Gasteiger partial charge in [-0.3, -0.25) is 0 Å². The highest BCUT2D eigenvalue weighted by atomic mass is 15.0. The molecule has 2 heteroatoms. The van der Waals surface area contributed by atoms with Gasteiger partial charge in [0.25, 0.3) is 0 Å².